The first-order valence-electron chi connectivity index (χ1n) is 7.22. The van der Waals surface area contributed by atoms with Crippen molar-refractivity contribution in [3.63, 3.8) is 0 Å². The van der Waals surface area contributed by atoms with E-state index in [2.05, 4.69) is 25.0 Å². The summed E-state index contributed by atoms with van der Waals surface area (Å²) in [4.78, 5) is 23.2. The fourth-order valence-electron chi connectivity index (χ4n) is 2.06. The maximum absolute atomic E-state index is 12.3. The molecule has 0 aliphatic carbocycles. The highest BCUT2D eigenvalue weighted by atomic mass is 32.1. The van der Waals surface area contributed by atoms with Crippen LogP contribution in [0.15, 0.2) is 24.4 Å². The summed E-state index contributed by atoms with van der Waals surface area (Å²) in [6.45, 7) is -0.132. The Balaban J connectivity index is 1.91. The van der Waals surface area contributed by atoms with E-state index in [1.54, 1.807) is 18.2 Å². The van der Waals surface area contributed by atoms with Crippen LogP contribution in [0, 0.1) is 0 Å². The van der Waals surface area contributed by atoms with Crippen molar-refractivity contribution >= 4 is 38.4 Å². The first kappa shape index (κ1) is 17.9. The fourth-order valence-corrected chi connectivity index (χ4v) is 3.02. The summed E-state index contributed by atoms with van der Waals surface area (Å²) in [5.41, 5.74) is 7.09. The summed E-state index contributed by atoms with van der Waals surface area (Å²) in [6, 6.07) is 5.14. The Kier molecular flexibility index (Phi) is 4.64. The number of amides is 1. The number of carbonyl (C=O) groups is 1. The van der Waals surface area contributed by atoms with E-state index in [0.717, 1.165) is 4.70 Å². The van der Waals surface area contributed by atoms with E-state index in [0.29, 0.717) is 21.9 Å². The number of nitrogens with one attached hydrogen (secondary N) is 1. The van der Waals surface area contributed by atoms with E-state index in [1.165, 1.54) is 24.5 Å². The highest BCUT2D eigenvalue weighted by Gasteiger charge is 2.29. The van der Waals surface area contributed by atoms with Crippen molar-refractivity contribution in [1.82, 2.24) is 15.0 Å². The Morgan fingerprint density at radius 3 is 2.81 bits per heavy atom. The molecule has 0 aliphatic heterocycles. The van der Waals surface area contributed by atoms with Gasteiger partial charge in [-0.2, -0.15) is 13.2 Å². The fraction of sp³-hybridized carbons (Fsp3) is 0.200. The molecule has 1 aromatic carbocycles. The molecule has 0 saturated carbocycles. The zero-order chi connectivity index (χ0) is 18.9. The molecule has 11 heteroatoms. The van der Waals surface area contributed by atoms with Gasteiger partial charge in [-0.1, -0.05) is 17.4 Å². The smallest absolute Gasteiger partial charge is 0.422 e. The number of hydrogen-bond acceptors (Lipinski definition) is 7. The van der Waals surface area contributed by atoms with Crippen LogP contribution in [0.5, 0.6) is 5.88 Å². The summed E-state index contributed by atoms with van der Waals surface area (Å²) >= 11 is 1.26. The van der Waals surface area contributed by atoms with Crippen LogP contribution in [0.25, 0.3) is 21.5 Å². The molecule has 0 spiro atoms. The number of benzene rings is 1. The average Bonchev–Trinajstić information content (AvgIpc) is 2.93. The highest BCUT2D eigenvalue weighted by molar-refractivity contribution is 7.22. The summed E-state index contributed by atoms with van der Waals surface area (Å²) in [5.74, 6) is -0.854. The molecule has 0 saturated heterocycles. The van der Waals surface area contributed by atoms with Gasteiger partial charge in [0.05, 0.1) is 22.1 Å². The quantitative estimate of drug-likeness (QED) is 0.717. The van der Waals surface area contributed by atoms with E-state index in [4.69, 9.17) is 5.73 Å². The van der Waals surface area contributed by atoms with Gasteiger partial charge >= 0.3 is 6.18 Å². The number of thiazole rings is 1. The highest BCUT2D eigenvalue weighted by Crippen LogP contribution is 2.31. The zero-order valence-corrected chi connectivity index (χ0v) is 14.1. The molecule has 3 N–H and O–H groups in total. The van der Waals surface area contributed by atoms with Crippen molar-refractivity contribution in [3.8, 4) is 17.1 Å². The number of nitrogen functional groups attached to an aromatic ring is 1. The lowest BCUT2D eigenvalue weighted by atomic mass is 10.1. The van der Waals surface area contributed by atoms with Gasteiger partial charge in [0, 0.05) is 12.5 Å². The van der Waals surface area contributed by atoms with Gasteiger partial charge in [0.2, 0.25) is 5.91 Å². The first-order valence-corrected chi connectivity index (χ1v) is 8.03. The Morgan fingerprint density at radius 1 is 1.35 bits per heavy atom. The van der Waals surface area contributed by atoms with Gasteiger partial charge < -0.3 is 15.8 Å². The molecular weight excluding hydrogens is 371 g/mol. The van der Waals surface area contributed by atoms with Gasteiger partial charge in [0.15, 0.2) is 17.6 Å². The Hall–Kier alpha value is -2.95. The van der Waals surface area contributed by atoms with E-state index < -0.39 is 12.8 Å². The second-order valence-corrected chi connectivity index (χ2v) is 6.26. The monoisotopic (exact) mass is 383 g/mol. The topological polar surface area (TPSA) is 103 Å². The normalized spacial score (nSPS) is 11.5. The third-order valence-corrected chi connectivity index (χ3v) is 4.04. The van der Waals surface area contributed by atoms with Gasteiger partial charge in [0.25, 0.3) is 5.88 Å². The van der Waals surface area contributed by atoms with Crippen LogP contribution in [0.4, 0.5) is 24.1 Å². The molecule has 0 aliphatic rings. The molecule has 0 unspecified atom stereocenters. The van der Waals surface area contributed by atoms with Crippen LogP contribution in [-0.2, 0) is 4.79 Å². The molecule has 26 heavy (non-hydrogen) atoms. The van der Waals surface area contributed by atoms with E-state index in [-0.39, 0.29) is 17.6 Å². The predicted molar refractivity (Wildman–Crippen MR) is 90.9 cm³/mol. The second kappa shape index (κ2) is 6.75. The summed E-state index contributed by atoms with van der Waals surface area (Å²) in [5, 5.41) is 3.04. The van der Waals surface area contributed by atoms with E-state index in [1.807, 2.05) is 0 Å². The number of fused-ring (bicyclic) bond motifs is 1. The molecule has 0 atom stereocenters. The van der Waals surface area contributed by atoms with Crippen LogP contribution >= 0.6 is 11.3 Å². The lowest BCUT2D eigenvalue weighted by Gasteiger charge is -2.10. The Labute approximate surface area is 149 Å². The van der Waals surface area contributed by atoms with Gasteiger partial charge in [0.1, 0.15) is 0 Å². The summed E-state index contributed by atoms with van der Waals surface area (Å²) < 4.78 is 42.3. The van der Waals surface area contributed by atoms with Gasteiger partial charge in [-0.15, -0.1) is 0 Å². The van der Waals surface area contributed by atoms with Crippen LogP contribution in [0.3, 0.4) is 0 Å². The largest absolute Gasteiger partial charge is 0.465 e. The van der Waals surface area contributed by atoms with Crippen LogP contribution in [0.2, 0.25) is 0 Å². The minimum atomic E-state index is -4.51. The molecule has 1 amide bonds. The van der Waals surface area contributed by atoms with E-state index in [9.17, 15) is 18.0 Å². The van der Waals surface area contributed by atoms with Gasteiger partial charge in [-0.05, 0) is 12.1 Å². The van der Waals surface area contributed by atoms with Crippen LogP contribution < -0.4 is 15.8 Å². The number of anilines is 2. The number of alkyl halides is 3. The van der Waals surface area contributed by atoms with Crippen molar-refractivity contribution in [3.05, 3.63) is 24.4 Å². The molecule has 2 heterocycles. The van der Waals surface area contributed by atoms with Crippen molar-refractivity contribution in [2.75, 3.05) is 17.7 Å². The molecule has 0 radical (unpaired) electrons. The van der Waals surface area contributed by atoms with Gasteiger partial charge in [-0.25, -0.2) is 15.0 Å². The SMILES string of the molecule is CC(=O)Nc1nc2ccc(-c3cnc(N)c(OCC(F)(F)F)n3)cc2s1. The molecular formula is C15H12F3N5O2S. The number of nitrogens with two attached hydrogens (primary N) is 1. The Bertz CT molecular complexity index is 974. The number of nitrogens with zero attached hydrogens (tertiary/aromatic N) is 3. The van der Waals surface area contributed by atoms with E-state index >= 15 is 0 Å². The molecule has 7 nitrogen and oxygen atoms in total. The minimum Gasteiger partial charge on any atom is -0.465 e. The molecule has 2 aromatic heterocycles. The Morgan fingerprint density at radius 2 is 2.12 bits per heavy atom. The number of aromatic nitrogens is 3. The second-order valence-electron chi connectivity index (χ2n) is 5.23. The zero-order valence-electron chi connectivity index (χ0n) is 13.3. The molecule has 0 fully saturated rings. The third-order valence-electron chi connectivity index (χ3n) is 3.11. The number of carbonyl (C=O) groups excluding carboxylic acids is 1. The predicted octanol–water partition coefficient (Wildman–Crippen LogP) is 3.24. The maximum Gasteiger partial charge on any atom is 0.422 e. The number of rotatable bonds is 4. The lowest BCUT2D eigenvalue weighted by molar-refractivity contribution is -0.154. The average molecular weight is 383 g/mol. The lowest BCUT2D eigenvalue weighted by Crippen LogP contribution is -2.20. The third kappa shape index (κ3) is 4.17. The van der Waals surface area contributed by atoms with Gasteiger partial charge in [-0.3, -0.25) is 4.79 Å². The standard InChI is InChI=1S/C15H12F3N5O2S/c1-7(24)21-14-23-9-3-2-8(4-11(9)26-14)10-5-20-12(19)13(22-10)25-6-15(16,17)18/h2-5H,6H2,1H3,(H2,19,20)(H,21,23,24). The maximum atomic E-state index is 12.3. The number of halogens is 3. The van der Waals surface area contributed by atoms with Crippen LogP contribution in [-0.4, -0.2) is 33.6 Å². The minimum absolute atomic E-state index is 0.232. The molecule has 3 aromatic rings. The molecule has 3 rings (SSSR count). The van der Waals surface area contributed by atoms with Crippen molar-refractivity contribution in [2.24, 2.45) is 0 Å². The van der Waals surface area contributed by atoms with Crippen LogP contribution in [0.1, 0.15) is 6.92 Å². The number of hydrogen-bond donors (Lipinski definition) is 2. The van der Waals surface area contributed by atoms with Crippen molar-refractivity contribution in [1.29, 1.82) is 0 Å². The van der Waals surface area contributed by atoms with Crippen molar-refractivity contribution in [2.45, 2.75) is 13.1 Å². The summed E-state index contributed by atoms with van der Waals surface area (Å²) in [7, 11) is 0. The summed E-state index contributed by atoms with van der Waals surface area (Å²) in [6.07, 6.45) is -3.17. The first-order chi connectivity index (χ1) is 12.2. The molecule has 0 bridgehead atoms. The van der Waals surface area contributed by atoms with Crippen molar-refractivity contribution < 1.29 is 22.7 Å². The number of ether oxygens (including phenoxy) is 1. The molecule has 136 valence electrons.